The Morgan fingerprint density at radius 1 is 1.33 bits per heavy atom. The number of hydrogen-bond donors (Lipinski definition) is 0. The zero-order valence-electron chi connectivity index (χ0n) is 14.5. The number of thiazole rings is 1. The van der Waals surface area contributed by atoms with Crippen LogP contribution in [0, 0.1) is 18.8 Å². The Morgan fingerprint density at radius 2 is 2.08 bits per heavy atom. The van der Waals surface area contributed by atoms with Gasteiger partial charge in [0.05, 0.1) is 10.7 Å². The van der Waals surface area contributed by atoms with E-state index < -0.39 is 0 Å². The maximum absolute atomic E-state index is 12.8. The zero-order chi connectivity index (χ0) is 17.1. The molecule has 2 heterocycles. The molecule has 0 N–H and O–H groups in total. The maximum atomic E-state index is 12.8. The third-order valence-electron chi connectivity index (χ3n) is 4.29. The molecule has 1 amide bonds. The van der Waals surface area contributed by atoms with E-state index in [-0.39, 0.29) is 5.91 Å². The molecule has 5 heteroatoms. The first kappa shape index (κ1) is 17.0. The highest BCUT2D eigenvalue weighted by molar-refractivity contribution is 7.09. The Labute approximate surface area is 147 Å². The molecule has 0 aliphatic carbocycles. The van der Waals surface area contributed by atoms with Crippen molar-refractivity contribution in [2.75, 3.05) is 13.1 Å². The number of likely N-dealkylation sites (tertiary alicyclic amines) is 1. The van der Waals surface area contributed by atoms with Gasteiger partial charge in [0.2, 0.25) is 0 Å². The summed E-state index contributed by atoms with van der Waals surface area (Å²) >= 11 is 1.61. The van der Waals surface area contributed by atoms with E-state index in [0.717, 1.165) is 23.8 Å². The minimum absolute atomic E-state index is 0.100. The lowest BCUT2D eigenvalue weighted by atomic mass is 9.91. The fourth-order valence-corrected chi connectivity index (χ4v) is 3.96. The van der Waals surface area contributed by atoms with Gasteiger partial charge in [0.1, 0.15) is 12.4 Å². The SMILES string of the molecule is Cc1nc(COc2cccc(C(=O)N3CC(C)CC(C)C3)c2)cs1. The van der Waals surface area contributed by atoms with E-state index in [9.17, 15) is 4.79 Å². The van der Waals surface area contributed by atoms with E-state index in [1.165, 1.54) is 6.42 Å². The van der Waals surface area contributed by atoms with Gasteiger partial charge >= 0.3 is 0 Å². The van der Waals surface area contributed by atoms with Crippen LogP contribution in [0.3, 0.4) is 0 Å². The summed E-state index contributed by atoms with van der Waals surface area (Å²) in [7, 11) is 0. The largest absolute Gasteiger partial charge is 0.487 e. The summed E-state index contributed by atoms with van der Waals surface area (Å²) in [4.78, 5) is 19.1. The van der Waals surface area contributed by atoms with Gasteiger partial charge in [-0.25, -0.2) is 4.98 Å². The van der Waals surface area contributed by atoms with E-state index >= 15 is 0 Å². The number of benzene rings is 1. The quantitative estimate of drug-likeness (QED) is 0.837. The van der Waals surface area contributed by atoms with Gasteiger partial charge in [0.25, 0.3) is 5.91 Å². The van der Waals surface area contributed by atoms with Gasteiger partial charge < -0.3 is 9.64 Å². The van der Waals surface area contributed by atoms with Crippen LogP contribution in [0.1, 0.15) is 41.3 Å². The average Bonchev–Trinajstić information content (AvgIpc) is 2.97. The van der Waals surface area contributed by atoms with Crippen molar-refractivity contribution in [2.45, 2.75) is 33.8 Å². The molecule has 2 unspecified atom stereocenters. The van der Waals surface area contributed by atoms with Crippen LogP contribution in [0.25, 0.3) is 0 Å². The highest BCUT2D eigenvalue weighted by Crippen LogP contribution is 2.24. The fraction of sp³-hybridized carbons (Fsp3) is 0.474. The monoisotopic (exact) mass is 344 g/mol. The van der Waals surface area contributed by atoms with Crippen LogP contribution in [0.4, 0.5) is 0 Å². The lowest BCUT2D eigenvalue weighted by molar-refractivity contribution is 0.0622. The van der Waals surface area contributed by atoms with Gasteiger partial charge in [-0.3, -0.25) is 4.79 Å². The Bertz CT molecular complexity index is 703. The molecular formula is C19H24N2O2S. The Morgan fingerprint density at radius 3 is 2.75 bits per heavy atom. The van der Waals surface area contributed by atoms with Crippen molar-refractivity contribution in [2.24, 2.45) is 11.8 Å². The van der Waals surface area contributed by atoms with Crippen LogP contribution >= 0.6 is 11.3 Å². The molecule has 0 saturated carbocycles. The molecule has 24 heavy (non-hydrogen) atoms. The number of piperidine rings is 1. The number of aromatic nitrogens is 1. The van der Waals surface area contributed by atoms with Gasteiger partial charge in [-0.15, -0.1) is 11.3 Å². The lowest BCUT2D eigenvalue weighted by Crippen LogP contribution is -2.42. The third-order valence-corrected chi connectivity index (χ3v) is 5.11. The first-order valence-corrected chi connectivity index (χ1v) is 9.32. The van der Waals surface area contributed by atoms with Gasteiger partial charge in [0.15, 0.2) is 0 Å². The molecule has 128 valence electrons. The van der Waals surface area contributed by atoms with E-state index in [2.05, 4.69) is 18.8 Å². The minimum Gasteiger partial charge on any atom is -0.487 e. The van der Waals surface area contributed by atoms with Crippen molar-refractivity contribution in [3.05, 3.63) is 45.9 Å². The van der Waals surface area contributed by atoms with Crippen LogP contribution < -0.4 is 4.74 Å². The second-order valence-electron chi connectivity index (χ2n) is 6.83. The number of hydrogen-bond acceptors (Lipinski definition) is 4. The van der Waals surface area contributed by atoms with Crippen molar-refractivity contribution in [1.82, 2.24) is 9.88 Å². The van der Waals surface area contributed by atoms with Crippen LogP contribution in [-0.4, -0.2) is 28.9 Å². The smallest absolute Gasteiger partial charge is 0.254 e. The molecule has 1 aliphatic heterocycles. The standard InChI is InChI=1S/C19H24N2O2S/c1-13-7-14(2)10-21(9-13)19(22)16-5-4-6-18(8-16)23-11-17-12-24-15(3)20-17/h4-6,8,12-14H,7,9-11H2,1-3H3. The maximum Gasteiger partial charge on any atom is 0.254 e. The van der Waals surface area contributed by atoms with Crippen molar-refractivity contribution >= 4 is 17.2 Å². The molecule has 1 fully saturated rings. The van der Waals surface area contributed by atoms with Crippen LogP contribution in [-0.2, 0) is 6.61 Å². The van der Waals surface area contributed by atoms with Gasteiger partial charge in [-0.1, -0.05) is 19.9 Å². The summed E-state index contributed by atoms with van der Waals surface area (Å²) in [6.45, 7) is 8.52. The average molecular weight is 344 g/mol. The summed E-state index contributed by atoms with van der Waals surface area (Å²) in [5.41, 5.74) is 1.62. The van der Waals surface area contributed by atoms with E-state index in [1.807, 2.05) is 41.5 Å². The number of nitrogens with zero attached hydrogens (tertiary/aromatic N) is 2. The van der Waals surface area contributed by atoms with E-state index in [4.69, 9.17) is 4.74 Å². The van der Waals surface area contributed by atoms with Crippen LogP contribution in [0.15, 0.2) is 29.6 Å². The van der Waals surface area contributed by atoms with Gasteiger partial charge in [-0.2, -0.15) is 0 Å². The van der Waals surface area contributed by atoms with Crippen LogP contribution in [0.2, 0.25) is 0 Å². The predicted molar refractivity (Wildman–Crippen MR) is 96.5 cm³/mol. The third kappa shape index (κ3) is 4.15. The number of ether oxygens (including phenoxy) is 1. The molecule has 4 nitrogen and oxygen atoms in total. The molecule has 1 saturated heterocycles. The molecule has 1 aromatic carbocycles. The van der Waals surface area contributed by atoms with E-state index in [0.29, 0.717) is 29.8 Å². The molecule has 2 aromatic rings. The normalized spacial score (nSPS) is 20.9. The number of rotatable bonds is 4. The minimum atomic E-state index is 0.100. The molecule has 1 aliphatic rings. The summed E-state index contributed by atoms with van der Waals surface area (Å²) in [6, 6.07) is 7.47. The second kappa shape index (κ2) is 7.34. The topological polar surface area (TPSA) is 42.4 Å². The second-order valence-corrected chi connectivity index (χ2v) is 7.89. The van der Waals surface area contributed by atoms with Gasteiger partial charge in [-0.05, 0) is 43.4 Å². The first-order valence-electron chi connectivity index (χ1n) is 8.44. The molecule has 0 spiro atoms. The number of carbonyl (C=O) groups excluding carboxylic acids is 1. The lowest BCUT2D eigenvalue weighted by Gasteiger charge is -2.35. The summed E-state index contributed by atoms with van der Waals surface area (Å²) in [6.07, 6.45) is 1.19. The van der Waals surface area contributed by atoms with Crippen LogP contribution in [0.5, 0.6) is 5.75 Å². The molecular weight excluding hydrogens is 320 g/mol. The number of carbonyl (C=O) groups is 1. The molecule has 3 rings (SSSR count). The number of amides is 1. The van der Waals surface area contributed by atoms with E-state index in [1.54, 1.807) is 11.3 Å². The van der Waals surface area contributed by atoms with Crippen molar-refractivity contribution in [1.29, 1.82) is 0 Å². The highest BCUT2D eigenvalue weighted by atomic mass is 32.1. The highest BCUT2D eigenvalue weighted by Gasteiger charge is 2.26. The first-order chi connectivity index (χ1) is 11.5. The summed E-state index contributed by atoms with van der Waals surface area (Å²) < 4.78 is 5.80. The van der Waals surface area contributed by atoms with Crippen molar-refractivity contribution < 1.29 is 9.53 Å². The predicted octanol–water partition coefficient (Wildman–Crippen LogP) is 4.15. The molecule has 0 radical (unpaired) electrons. The zero-order valence-corrected chi connectivity index (χ0v) is 15.3. The Kier molecular flexibility index (Phi) is 5.19. The molecule has 0 bridgehead atoms. The molecule has 1 aromatic heterocycles. The Hall–Kier alpha value is -1.88. The summed E-state index contributed by atoms with van der Waals surface area (Å²) in [5.74, 6) is 1.93. The van der Waals surface area contributed by atoms with Crippen molar-refractivity contribution in [3.63, 3.8) is 0 Å². The number of aryl methyl sites for hydroxylation is 1. The van der Waals surface area contributed by atoms with Crippen molar-refractivity contribution in [3.8, 4) is 5.75 Å². The van der Waals surface area contributed by atoms with Gasteiger partial charge in [0, 0.05) is 24.0 Å². The Balaban J connectivity index is 1.66. The molecule has 2 atom stereocenters. The summed E-state index contributed by atoms with van der Waals surface area (Å²) in [5, 5.41) is 3.03. The fourth-order valence-electron chi connectivity index (χ4n) is 3.36.